The first-order valence-electron chi connectivity index (χ1n) is 5.23. The molecule has 0 bridgehead atoms. The Labute approximate surface area is 104 Å². The Kier molecular flexibility index (Phi) is 3.53. The molecule has 86 valence electrons. The standard InChI is InChI=1S/C12H12Cl2O2/c1-7-5-6-10(16-7)12(15)8-3-2-4-9(13)11(8)14/h2-4,7,10H,5-6H2,1H3. The molecular weight excluding hydrogens is 247 g/mol. The molecule has 1 aromatic carbocycles. The number of carbonyl (C=O) groups excluding carboxylic acids is 1. The van der Waals surface area contributed by atoms with Crippen LogP contribution in [0, 0.1) is 0 Å². The van der Waals surface area contributed by atoms with E-state index < -0.39 is 0 Å². The third-order valence-corrected chi connectivity index (χ3v) is 3.56. The Morgan fingerprint density at radius 3 is 2.75 bits per heavy atom. The summed E-state index contributed by atoms with van der Waals surface area (Å²) in [4.78, 5) is 12.1. The molecule has 2 rings (SSSR count). The van der Waals surface area contributed by atoms with Crippen LogP contribution in [-0.2, 0) is 4.74 Å². The molecule has 1 aliphatic heterocycles. The van der Waals surface area contributed by atoms with E-state index in [9.17, 15) is 4.79 Å². The molecule has 2 atom stereocenters. The number of hydrogen-bond donors (Lipinski definition) is 0. The first-order valence-corrected chi connectivity index (χ1v) is 5.99. The highest BCUT2D eigenvalue weighted by Crippen LogP contribution is 2.29. The monoisotopic (exact) mass is 258 g/mol. The second-order valence-electron chi connectivity index (χ2n) is 3.98. The van der Waals surface area contributed by atoms with E-state index in [0.29, 0.717) is 15.6 Å². The molecule has 1 aromatic rings. The third kappa shape index (κ3) is 2.24. The molecule has 0 amide bonds. The summed E-state index contributed by atoms with van der Waals surface area (Å²) in [5.41, 5.74) is 0.452. The lowest BCUT2D eigenvalue weighted by molar-refractivity contribution is 0.0433. The van der Waals surface area contributed by atoms with Gasteiger partial charge in [0.1, 0.15) is 6.10 Å². The fourth-order valence-corrected chi connectivity index (χ4v) is 2.26. The molecule has 0 aromatic heterocycles. The number of rotatable bonds is 2. The SMILES string of the molecule is CC1CCC(C(=O)c2cccc(Cl)c2Cl)O1. The van der Waals surface area contributed by atoms with Gasteiger partial charge in [-0.15, -0.1) is 0 Å². The van der Waals surface area contributed by atoms with Crippen LogP contribution in [0.1, 0.15) is 30.1 Å². The smallest absolute Gasteiger partial charge is 0.193 e. The molecule has 1 aliphatic rings. The van der Waals surface area contributed by atoms with Crippen molar-refractivity contribution in [1.82, 2.24) is 0 Å². The molecule has 1 fully saturated rings. The van der Waals surface area contributed by atoms with E-state index in [1.165, 1.54) is 0 Å². The maximum Gasteiger partial charge on any atom is 0.193 e. The van der Waals surface area contributed by atoms with E-state index in [0.717, 1.165) is 12.8 Å². The molecule has 1 heterocycles. The molecular formula is C12H12Cl2O2. The van der Waals surface area contributed by atoms with Crippen molar-refractivity contribution in [3.05, 3.63) is 33.8 Å². The minimum atomic E-state index is -0.369. The topological polar surface area (TPSA) is 26.3 Å². The highest BCUT2D eigenvalue weighted by atomic mass is 35.5. The number of ketones is 1. The van der Waals surface area contributed by atoms with Gasteiger partial charge in [0, 0.05) is 5.56 Å². The second kappa shape index (κ2) is 4.74. The van der Waals surface area contributed by atoms with Crippen molar-refractivity contribution in [2.75, 3.05) is 0 Å². The number of benzene rings is 1. The maximum atomic E-state index is 12.1. The van der Waals surface area contributed by atoms with E-state index in [2.05, 4.69) is 0 Å². The Bertz CT molecular complexity index is 417. The zero-order chi connectivity index (χ0) is 11.7. The van der Waals surface area contributed by atoms with Crippen LogP contribution < -0.4 is 0 Å². The lowest BCUT2D eigenvalue weighted by Gasteiger charge is -2.11. The Morgan fingerprint density at radius 2 is 2.12 bits per heavy atom. The largest absolute Gasteiger partial charge is 0.367 e. The van der Waals surface area contributed by atoms with Gasteiger partial charge in [0.25, 0.3) is 0 Å². The van der Waals surface area contributed by atoms with Crippen molar-refractivity contribution in [1.29, 1.82) is 0 Å². The molecule has 0 saturated carbocycles. The highest BCUT2D eigenvalue weighted by molar-refractivity contribution is 6.44. The van der Waals surface area contributed by atoms with Gasteiger partial charge in [-0.05, 0) is 31.9 Å². The summed E-state index contributed by atoms with van der Waals surface area (Å²) >= 11 is 11.9. The van der Waals surface area contributed by atoms with Gasteiger partial charge in [0.05, 0.1) is 16.1 Å². The van der Waals surface area contributed by atoms with Gasteiger partial charge in [0.15, 0.2) is 5.78 Å². The Balaban J connectivity index is 2.24. The molecule has 0 spiro atoms. The van der Waals surface area contributed by atoms with Gasteiger partial charge in [-0.3, -0.25) is 4.79 Å². The van der Waals surface area contributed by atoms with Gasteiger partial charge in [-0.1, -0.05) is 29.3 Å². The van der Waals surface area contributed by atoms with Crippen molar-refractivity contribution < 1.29 is 9.53 Å². The van der Waals surface area contributed by atoms with Gasteiger partial charge in [0.2, 0.25) is 0 Å². The van der Waals surface area contributed by atoms with Gasteiger partial charge >= 0.3 is 0 Å². The molecule has 1 saturated heterocycles. The molecule has 2 nitrogen and oxygen atoms in total. The Hall–Kier alpha value is -0.570. The van der Waals surface area contributed by atoms with Crippen molar-refractivity contribution in [3.63, 3.8) is 0 Å². The van der Waals surface area contributed by atoms with Crippen LogP contribution in [0.2, 0.25) is 10.0 Å². The molecule has 2 unspecified atom stereocenters. The minimum Gasteiger partial charge on any atom is -0.367 e. The second-order valence-corrected chi connectivity index (χ2v) is 4.76. The van der Waals surface area contributed by atoms with Crippen LogP contribution in [0.25, 0.3) is 0 Å². The van der Waals surface area contributed by atoms with Gasteiger partial charge in [-0.2, -0.15) is 0 Å². The van der Waals surface area contributed by atoms with Gasteiger partial charge < -0.3 is 4.74 Å². The molecule has 0 radical (unpaired) electrons. The van der Waals surface area contributed by atoms with Crippen LogP contribution in [0.3, 0.4) is 0 Å². The fourth-order valence-electron chi connectivity index (χ4n) is 1.86. The minimum absolute atomic E-state index is 0.0724. The number of Topliss-reactive ketones (excluding diaryl/α,β-unsaturated/α-hetero) is 1. The van der Waals surface area contributed by atoms with Crippen molar-refractivity contribution >= 4 is 29.0 Å². The van der Waals surface area contributed by atoms with E-state index >= 15 is 0 Å². The number of carbonyl (C=O) groups is 1. The number of halogens is 2. The summed E-state index contributed by atoms with van der Waals surface area (Å²) in [7, 11) is 0. The van der Waals surface area contributed by atoms with Crippen LogP contribution in [0.5, 0.6) is 0 Å². The lowest BCUT2D eigenvalue weighted by Crippen LogP contribution is -2.21. The summed E-state index contributed by atoms with van der Waals surface area (Å²) in [5.74, 6) is -0.0724. The van der Waals surface area contributed by atoms with Crippen molar-refractivity contribution in [3.8, 4) is 0 Å². The summed E-state index contributed by atoms with van der Waals surface area (Å²) < 4.78 is 5.52. The lowest BCUT2D eigenvalue weighted by atomic mass is 10.0. The first kappa shape index (κ1) is 11.9. The predicted octanol–water partition coefficient (Wildman–Crippen LogP) is 3.74. The molecule has 0 aliphatic carbocycles. The van der Waals surface area contributed by atoms with Crippen LogP contribution >= 0.6 is 23.2 Å². The average Bonchev–Trinajstić information content (AvgIpc) is 2.68. The zero-order valence-corrected chi connectivity index (χ0v) is 10.4. The van der Waals surface area contributed by atoms with Crippen LogP contribution in [0.4, 0.5) is 0 Å². The number of ether oxygens (including phenoxy) is 1. The third-order valence-electron chi connectivity index (χ3n) is 2.74. The zero-order valence-electron chi connectivity index (χ0n) is 8.87. The number of hydrogen-bond acceptors (Lipinski definition) is 2. The summed E-state index contributed by atoms with van der Waals surface area (Å²) in [6.45, 7) is 1.97. The highest BCUT2D eigenvalue weighted by Gasteiger charge is 2.30. The summed E-state index contributed by atoms with van der Waals surface area (Å²) in [6.07, 6.45) is 1.44. The van der Waals surface area contributed by atoms with Gasteiger partial charge in [-0.25, -0.2) is 0 Å². The maximum absolute atomic E-state index is 12.1. The molecule has 0 N–H and O–H groups in total. The van der Waals surface area contributed by atoms with E-state index in [1.807, 2.05) is 6.92 Å². The predicted molar refractivity (Wildman–Crippen MR) is 64.4 cm³/mol. The molecule has 16 heavy (non-hydrogen) atoms. The van der Waals surface area contributed by atoms with E-state index in [1.54, 1.807) is 18.2 Å². The summed E-state index contributed by atoms with van der Waals surface area (Å²) in [5, 5.41) is 0.718. The van der Waals surface area contributed by atoms with Crippen molar-refractivity contribution in [2.45, 2.75) is 32.0 Å². The van der Waals surface area contributed by atoms with E-state index in [4.69, 9.17) is 27.9 Å². The summed E-state index contributed by atoms with van der Waals surface area (Å²) in [6, 6.07) is 5.07. The molecule has 4 heteroatoms. The quantitative estimate of drug-likeness (QED) is 0.756. The van der Waals surface area contributed by atoms with Crippen molar-refractivity contribution in [2.24, 2.45) is 0 Å². The van der Waals surface area contributed by atoms with E-state index in [-0.39, 0.29) is 18.0 Å². The first-order chi connectivity index (χ1) is 7.59. The Morgan fingerprint density at radius 1 is 1.38 bits per heavy atom. The fraction of sp³-hybridized carbons (Fsp3) is 0.417. The van der Waals surface area contributed by atoms with Crippen LogP contribution in [0.15, 0.2) is 18.2 Å². The average molecular weight is 259 g/mol. The normalized spacial score (nSPS) is 24.7. The van der Waals surface area contributed by atoms with Crippen LogP contribution in [-0.4, -0.2) is 18.0 Å².